The lowest BCUT2D eigenvalue weighted by Crippen LogP contribution is -2.62. The molecule has 0 amide bonds. The molecule has 0 aromatic heterocycles. The smallest absolute Gasteiger partial charge is 0.203 e. The molecule has 0 saturated carbocycles. The van der Waals surface area contributed by atoms with Crippen LogP contribution in [0.3, 0.4) is 0 Å². The molecule has 0 aliphatic rings. The van der Waals surface area contributed by atoms with Crippen molar-refractivity contribution in [2.45, 2.75) is 25.0 Å². The monoisotopic (exact) mass is 478 g/mol. The fraction of sp³-hybridized carbons (Fsp3) is 0.188. The molecule has 0 radical (unpaired) electrons. The second kappa shape index (κ2) is 11.3. The van der Waals surface area contributed by atoms with E-state index in [9.17, 15) is 9.59 Å². The molecule has 0 fully saturated rings. The van der Waals surface area contributed by atoms with Gasteiger partial charge in [-0.05, 0) is 25.0 Å². The van der Waals surface area contributed by atoms with E-state index in [4.69, 9.17) is 9.47 Å². The molecule has 0 aliphatic heterocycles. The van der Waals surface area contributed by atoms with Crippen molar-refractivity contribution in [2.24, 2.45) is 0 Å². The molecule has 2 atom stereocenters. The van der Waals surface area contributed by atoms with Crippen molar-refractivity contribution >= 4 is 11.6 Å². The largest absolute Gasteiger partial charge is 0.358 e. The quantitative estimate of drug-likeness (QED) is 0.228. The van der Waals surface area contributed by atoms with E-state index < -0.39 is 11.2 Å². The van der Waals surface area contributed by atoms with Gasteiger partial charge in [-0.3, -0.25) is 9.59 Å². The van der Waals surface area contributed by atoms with Gasteiger partial charge in [0.2, 0.25) is 11.6 Å². The summed E-state index contributed by atoms with van der Waals surface area (Å²) < 4.78 is 13.1. The van der Waals surface area contributed by atoms with Gasteiger partial charge in [-0.15, -0.1) is 0 Å². The highest BCUT2D eigenvalue weighted by molar-refractivity contribution is 6.13. The van der Waals surface area contributed by atoms with Gasteiger partial charge in [0.25, 0.3) is 0 Å². The number of Topliss-reactive ketones (excluding diaryl/α,β-unsaturated/α-hetero) is 2. The minimum atomic E-state index is -1.81. The zero-order valence-electron chi connectivity index (χ0n) is 20.6. The molecule has 4 nitrogen and oxygen atoms in total. The lowest BCUT2D eigenvalue weighted by atomic mass is 9.65. The molecule has 4 aromatic rings. The average molecular weight is 479 g/mol. The van der Waals surface area contributed by atoms with Crippen LogP contribution >= 0.6 is 0 Å². The van der Waals surface area contributed by atoms with Crippen molar-refractivity contribution in [1.82, 2.24) is 0 Å². The number of hydrogen-bond acceptors (Lipinski definition) is 4. The Labute approximate surface area is 212 Å². The summed E-state index contributed by atoms with van der Waals surface area (Å²) in [6.45, 7) is 4.00. The van der Waals surface area contributed by atoms with Crippen LogP contribution in [0.1, 0.15) is 45.7 Å². The van der Waals surface area contributed by atoms with Crippen molar-refractivity contribution in [3.8, 4) is 0 Å². The first-order valence-corrected chi connectivity index (χ1v) is 12.2. The minimum Gasteiger partial charge on any atom is -0.358 e. The van der Waals surface area contributed by atoms with Crippen LogP contribution in [-0.2, 0) is 20.7 Å². The normalized spacial score (nSPS) is 14.4. The van der Waals surface area contributed by atoms with Crippen LogP contribution in [0.15, 0.2) is 121 Å². The first-order valence-electron chi connectivity index (χ1n) is 12.2. The third-order valence-corrected chi connectivity index (χ3v) is 6.29. The molecular weight excluding hydrogens is 448 g/mol. The Hall–Kier alpha value is -3.86. The molecule has 4 rings (SSSR count). The highest BCUT2D eigenvalue weighted by atomic mass is 16.6. The van der Waals surface area contributed by atoms with Crippen molar-refractivity contribution in [1.29, 1.82) is 0 Å². The van der Waals surface area contributed by atoms with Crippen LogP contribution in [0.5, 0.6) is 0 Å². The summed E-state index contributed by atoms with van der Waals surface area (Å²) in [4.78, 5) is 29.5. The van der Waals surface area contributed by atoms with Crippen LogP contribution in [0.4, 0.5) is 0 Å². The van der Waals surface area contributed by atoms with Gasteiger partial charge >= 0.3 is 0 Å². The van der Waals surface area contributed by atoms with E-state index in [0.29, 0.717) is 22.3 Å². The lowest BCUT2D eigenvalue weighted by Gasteiger charge is -2.48. The zero-order valence-corrected chi connectivity index (χ0v) is 20.6. The first-order chi connectivity index (χ1) is 17.6. The molecule has 182 valence electrons. The van der Waals surface area contributed by atoms with Gasteiger partial charge in [0, 0.05) is 24.3 Å². The van der Waals surface area contributed by atoms with Crippen molar-refractivity contribution in [3.63, 3.8) is 0 Å². The molecule has 36 heavy (non-hydrogen) atoms. The van der Waals surface area contributed by atoms with Gasteiger partial charge in [0.05, 0.1) is 0 Å². The van der Waals surface area contributed by atoms with Crippen molar-refractivity contribution in [3.05, 3.63) is 144 Å². The predicted molar refractivity (Wildman–Crippen MR) is 141 cm³/mol. The number of ether oxygens (including phenoxy) is 2. The Morgan fingerprint density at radius 1 is 0.500 bits per heavy atom. The summed E-state index contributed by atoms with van der Waals surface area (Å²) in [5, 5.41) is 0. The number of carbonyl (C=O) groups is 2. The average Bonchev–Trinajstić information content (AvgIpc) is 2.96. The van der Waals surface area contributed by atoms with Gasteiger partial charge < -0.3 is 9.47 Å². The maximum Gasteiger partial charge on any atom is 0.203 e. The fourth-order valence-electron chi connectivity index (χ4n) is 4.85. The van der Waals surface area contributed by atoms with E-state index in [2.05, 4.69) is 0 Å². The van der Waals surface area contributed by atoms with Gasteiger partial charge in [0.15, 0.2) is 11.2 Å². The highest BCUT2D eigenvalue weighted by Gasteiger charge is 2.65. The molecule has 0 spiro atoms. The van der Waals surface area contributed by atoms with E-state index >= 15 is 0 Å². The Morgan fingerprint density at radius 3 is 1.06 bits per heavy atom. The molecule has 0 saturated heterocycles. The van der Waals surface area contributed by atoms with Gasteiger partial charge in [-0.2, -0.15) is 0 Å². The Morgan fingerprint density at radius 2 is 0.778 bits per heavy atom. The van der Waals surface area contributed by atoms with Gasteiger partial charge in [-0.1, -0.05) is 121 Å². The topological polar surface area (TPSA) is 52.6 Å². The molecule has 4 aromatic carbocycles. The lowest BCUT2D eigenvalue weighted by molar-refractivity contribution is -0.168. The minimum absolute atomic E-state index is 0.178. The molecule has 0 heterocycles. The molecular formula is C32H30O4. The van der Waals surface area contributed by atoms with Crippen LogP contribution in [0.25, 0.3) is 0 Å². The van der Waals surface area contributed by atoms with E-state index in [1.54, 1.807) is 48.5 Å². The highest BCUT2D eigenvalue weighted by Crippen LogP contribution is 2.50. The van der Waals surface area contributed by atoms with Crippen LogP contribution < -0.4 is 0 Å². The van der Waals surface area contributed by atoms with Gasteiger partial charge in [-0.25, -0.2) is 0 Å². The Bertz CT molecular complexity index is 1170. The summed E-state index contributed by atoms with van der Waals surface area (Å²) in [6.07, 6.45) is 0. The Balaban J connectivity index is 2.17. The van der Waals surface area contributed by atoms with Crippen molar-refractivity contribution < 1.29 is 19.1 Å². The van der Waals surface area contributed by atoms with Crippen LogP contribution in [-0.4, -0.2) is 24.8 Å². The zero-order chi connectivity index (χ0) is 25.4. The summed E-state index contributed by atoms with van der Waals surface area (Å²) in [5.41, 5.74) is -1.68. The number of ketones is 2. The van der Waals surface area contributed by atoms with Crippen LogP contribution in [0.2, 0.25) is 0 Å². The number of benzene rings is 4. The molecule has 0 bridgehead atoms. The molecule has 0 N–H and O–H groups in total. The number of hydrogen-bond donors (Lipinski definition) is 0. The SMILES string of the molecule is CCOC(C(=O)c1ccccc1)(c1ccccc1)C(OCC)(C(=O)c1ccccc1)c1ccccc1. The second-order valence-corrected chi connectivity index (χ2v) is 8.35. The maximum atomic E-state index is 14.7. The summed E-state index contributed by atoms with van der Waals surface area (Å²) in [7, 11) is 0. The maximum absolute atomic E-state index is 14.7. The van der Waals surface area contributed by atoms with Gasteiger partial charge in [0.1, 0.15) is 0 Å². The standard InChI is InChI=1S/C32H30O4/c1-3-35-31(27-21-13-7-14-22-27,29(33)25-17-9-5-10-18-25)32(36-4-2,28-23-15-8-16-24-28)30(34)26-19-11-6-12-20-26/h5-24H,3-4H2,1-2H3. The third-order valence-electron chi connectivity index (χ3n) is 6.29. The van der Waals surface area contributed by atoms with E-state index in [1.807, 2.05) is 86.6 Å². The van der Waals surface area contributed by atoms with Crippen LogP contribution in [0, 0.1) is 0 Å². The summed E-state index contributed by atoms with van der Waals surface area (Å²) in [6, 6.07) is 36.3. The summed E-state index contributed by atoms with van der Waals surface area (Å²) >= 11 is 0. The second-order valence-electron chi connectivity index (χ2n) is 8.35. The van der Waals surface area contributed by atoms with Crippen molar-refractivity contribution in [2.75, 3.05) is 13.2 Å². The Kier molecular flexibility index (Phi) is 7.89. The summed E-state index contributed by atoms with van der Waals surface area (Å²) in [5.74, 6) is -0.699. The first kappa shape index (κ1) is 25.2. The molecule has 0 aliphatic carbocycles. The predicted octanol–water partition coefficient (Wildman–Crippen LogP) is 6.62. The van der Waals surface area contributed by atoms with E-state index in [1.165, 1.54) is 0 Å². The molecule has 4 heteroatoms. The number of carbonyl (C=O) groups excluding carboxylic acids is 2. The third kappa shape index (κ3) is 4.30. The van der Waals surface area contributed by atoms with E-state index in [-0.39, 0.29) is 24.8 Å². The fourth-order valence-corrected chi connectivity index (χ4v) is 4.85. The molecule has 2 unspecified atom stereocenters. The van der Waals surface area contributed by atoms with E-state index in [0.717, 1.165) is 0 Å². The number of rotatable bonds is 11.